The molecule has 0 amide bonds. The second-order valence-corrected chi connectivity index (χ2v) is 8.06. The summed E-state index contributed by atoms with van der Waals surface area (Å²) in [6.45, 7) is 2.04. The quantitative estimate of drug-likeness (QED) is 0.651. The van der Waals surface area contributed by atoms with Crippen molar-refractivity contribution in [3.8, 4) is 6.07 Å². The molecule has 2 aromatic rings. The zero-order valence-electron chi connectivity index (χ0n) is 18.2. The highest BCUT2D eigenvalue weighted by atomic mass is 19.1. The van der Waals surface area contributed by atoms with Crippen LogP contribution in [-0.4, -0.2) is 70.8 Å². The molecule has 168 valence electrons. The van der Waals surface area contributed by atoms with Crippen LogP contribution >= 0.6 is 0 Å². The van der Waals surface area contributed by atoms with E-state index in [0.717, 1.165) is 24.2 Å². The predicted molar refractivity (Wildman–Crippen MR) is 112 cm³/mol. The Kier molecular flexibility index (Phi) is 8.09. The lowest BCUT2D eigenvalue weighted by Gasteiger charge is -2.36. The van der Waals surface area contributed by atoms with Gasteiger partial charge in [0.25, 0.3) is 0 Å². The zero-order chi connectivity index (χ0) is 22.4. The van der Waals surface area contributed by atoms with Crippen molar-refractivity contribution in [3.05, 3.63) is 47.3 Å². The molecule has 0 saturated carbocycles. The van der Waals surface area contributed by atoms with Crippen molar-refractivity contribution < 1.29 is 19.0 Å². The van der Waals surface area contributed by atoms with Crippen LogP contribution in [0.2, 0.25) is 0 Å². The Hall–Kier alpha value is -2.38. The molecule has 0 spiro atoms. The maximum Gasteiger partial charge on any atom is 0.156 e. The fraction of sp³-hybridized carbons (Fsp3) is 0.591. The average Bonchev–Trinajstić information content (AvgIpc) is 3.23. The van der Waals surface area contributed by atoms with Crippen LogP contribution < -0.4 is 0 Å². The first-order valence-electron chi connectivity index (χ1n) is 10.5. The summed E-state index contributed by atoms with van der Waals surface area (Å²) in [6.07, 6.45) is 2.61. The molecule has 1 aliphatic rings. The lowest BCUT2D eigenvalue weighted by Crippen LogP contribution is -2.43. The molecule has 1 aromatic carbocycles. The highest BCUT2D eigenvalue weighted by Gasteiger charge is 2.29. The second kappa shape index (κ2) is 10.8. The van der Waals surface area contributed by atoms with Gasteiger partial charge in [0, 0.05) is 38.7 Å². The average molecular weight is 432 g/mol. The lowest BCUT2D eigenvalue weighted by atomic mass is 10.0. The van der Waals surface area contributed by atoms with E-state index in [2.05, 4.69) is 21.3 Å². The number of halogens is 1. The maximum atomic E-state index is 14.0. The summed E-state index contributed by atoms with van der Waals surface area (Å²) in [7, 11) is 3.55. The van der Waals surface area contributed by atoms with Gasteiger partial charge in [0.15, 0.2) is 6.29 Å². The van der Waals surface area contributed by atoms with Crippen LogP contribution in [0, 0.1) is 11.3 Å². The van der Waals surface area contributed by atoms with Gasteiger partial charge in [0.1, 0.15) is 18.8 Å². The Morgan fingerprint density at radius 1 is 1.39 bits per heavy atom. The largest absolute Gasteiger partial charge is 0.374 e. The molecule has 1 fully saturated rings. The van der Waals surface area contributed by atoms with E-state index in [1.165, 1.54) is 11.8 Å². The maximum absolute atomic E-state index is 14.0. The number of hydrogen-bond acceptors (Lipinski definition) is 7. The normalized spacial score (nSPS) is 23.5. The van der Waals surface area contributed by atoms with E-state index in [1.807, 2.05) is 14.0 Å². The van der Waals surface area contributed by atoms with Crippen LogP contribution in [-0.2, 0) is 15.9 Å². The van der Waals surface area contributed by atoms with Crippen molar-refractivity contribution in [2.24, 2.45) is 0 Å². The molecule has 0 aliphatic carbocycles. The summed E-state index contributed by atoms with van der Waals surface area (Å²) in [4.78, 5) is 2.20. The number of hydrogen-bond donors (Lipinski definition) is 1. The van der Waals surface area contributed by atoms with E-state index in [0.29, 0.717) is 18.4 Å². The van der Waals surface area contributed by atoms with E-state index < -0.39 is 25.1 Å². The number of aliphatic hydroxyl groups is 1. The predicted octanol–water partition coefficient (Wildman–Crippen LogP) is 2.41. The van der Waals surface area contributed by atoms with Gasteiger partial charge in [0.2, 0.25) is 0 Å². The number of nitrogens with zero attached hydrogens (tertiary/aromatic N) is 5. The summed E-state index contributed by atoms with van der Waals surface area (Å²) in [5.74, 6) is 0. The Morgan fingerprint density at radius 3 is 2.74 bits per heavy atom. The number of methoxy groups -OCH3 is 1. The summed E-state index contributed by atoms with van der Waals surface area (Å²) in [5, 5.41) is 27.2. The van der Waals surface area contributed by atoms with Crippen LogP contribution in [0.25, 0.3) is 0 Å². The first-order chi connectivity index (χ1) is 14.9. The van der Waals surface area contributed by atoms with Gasteiger partial charge in [-0.25, -0.2) is 9.07 Å². The number of aliphatic hydroxyl groups excluding tert-OH is 1. The molecule has 1 N–H and O–H groups in total. The molecule has 9 heteroatoms. The SMILES string of the molecule is CO[C@H](c1ccc(C#N)cc1)[C@@H](CF)n1cc(CCN(C)[C@H]2C[C@@H](C)O[C@@H](O)C2)nn1. The molecular formula is C22H30FN5O3. The third-order valence-corrected chi connectivity index (χ3v) is 5.84. The number of alkyl halides is 1. The lowest BCUT2D eigenvalue weighted by molar-refractivity contribution is -0.173. The van der Waals surface area contributed by atoms with Gasteiger partial charge in [-0.05, 0) is 38.1 Å². The van der Waals surface area contributed by atoms with Gasteiger partial charge in [-0.15, -0.1) is 5.10 Å². The first kappa shape index (κ1) is 23.3. The van der Waals surface area contributed by atoms with E-state index in [4.69, 9.17) is 14.7 Å². The molecule has 0 bridgehead atoms. The van der Waals surface area contributed by atoms with Gasteiger partial charge in [-0.2, -0.15) is 5.26 Å². The fourth-order valence-electron chi connectivity index (χ4n) is 4.07. The van der Waals surface area contributed by atoms with Gasteiger partial charge in [0.05, 0.1) is 23.4 Å². The summed E-state index contributed by atoms with van der Waals surface area (Å²) in [6, 6.07) is 8.56. The van der Waals surface area contributed by atoms with Gasteiger partial charge >= 0.3 is 0 Å². The number of ether oxygens (including phenoxy) is 2. The van der Waals surface area contributed by atoms with Gasteiger partial charge < -0.3 is 19.5 Å². The van der Waals surface area contributed by atoms with Crippen molar-refractivity contribution in [1.82, 2.24) is 19.9 Å². The third kappa shape index (κ3) is 5.86. The Bertz CT molecular complexity index is 859. The smallest absolute Gasteiger partial charge is 0.156 e. The molecule has 0 unspecified atom stereocenters. The molecule has 31 heavy (non-hydrogen) atoms. The molecule has 3 rings (SSSR count). The van der Waals surface area contributed by atoms with E-state index in [-0.39, 0.29) is 12.1 Å². The molecular weight excluding hydrogens is 401 g/mol. The molecule has 0 radical (unpaired) electrons. The number of aromatic nitrogens is 3. The minimum Gasteiger partial charge on any atom is -0.374 e. The van der Waals surface area contributed by atoms with Crippen LogP contribution in [0.5, 0.6) is 0 Å². The van der Waals surface area contributed by atoms with Crippen LogP contribution in [0.3, 0.4) is 0 Å². The second-order valence-electron chi connectivity index (χ2n) is 8.06. The summed E-state index contributed by atoms with van der Waals surface area (Å²) >= 11 is 0. The minimum absolute atomic E-state index is 0.0237. The van der Waals surface area contributed by atoms with Crippen molar-refractivity contribution in [3.63, 3.8) is 0 Å². The Morgan fingerprint density at radius 2 is 2.13 bits per heavy atom. The number of benzene rings is 1. The van der Waals surface area contributed by atoms with E-state index in [1.54, 1.807) is 30.5 Å². The van der Waals surface area contributed by atoms with Crippen molar-refractivity contribution >= 4 is 0 Å². The third-order valence-electron chi connectivity index (χ3n) is 5.84. The highest BCUT2D eigenvalue weighted by Crippen LogP contribution is 2.30. The number of likely N-dealkylation sites (N-methyl/N-ethyl adjacent to an activating group) is 1. The van der Waals surface area contributed by atoms with Crippen LogP contribution in [0.1, 0.15) is 48.7 Å². The molecule has 2 heterocycles. The number of rotatable bonds is 9. The van der Waals surface area contributed by atoms with Crippen LogP contribution in [0.15, 0.2) is 30.5 Å². The zero-order valence-corrected chi connectivity index (χ0v) is 18.2. The number of nitriles is 1. The monoisotopic (exact) mass is 431 g/mol. The Balaban J connectivity index is 1.64. The van der Waals surface area contributed by atoms with Crippen molar-refractivity contribution in [1.29, 1.82) is 5.26 Å². The molecule has 1 saturated heterocycles. The minimum atomic E-state index is -0.726. The van der Waals surface area contributed by atoms with Crippen molar-refractivity contribution in [2.45, 2.75) is 56.8 Å². The van der Waals surface area contributed by atoms with Gasteiger partial charge in [-0.1, -0.05) is 17.3 Å². The Labute approximate surface area is 182 Å². The fourth-order valence-corrected chi connectivity index (χ4v) is 4.07. The van der Waals surface area contributed by atoms with Crippen molar-refractivity contribution in [2.75, 3.05) is 27.4 Å². The van der Waals surface area contributed by atoms with Gasteiger partial charge in [-0.3, -0.25) is 0 Å². The molecule has 1 aliphatic heterocycles. The highest BCUT2D eigenvalue weighted by molar-refractivity contribution is 5.32. The molecule has 5 atom stereocenters. The topological polar surface area (TPSA) is 96.4 Å². The van der Waals surface area contributed by atoms with Crippen LogP contribution in [0.4, 0.5) is 4.39 Å². The molecule has 8 nitrogen and oxygen atoms in total. The summed E-state index contributed by atoms with van der Waals surface area (Å²) < 4.78 is 26.5. The summed E-state index contributed by atoms with van der Waals surface area (Å²) in [5.41, 5.74) is 2.07. The first-order valence-corrected chi connectivity index (χ1v) is 10.5. The molecule has 1 aromatic heterocycles. The van der Waals surface area contributed by atoms with E-state index >= 15 is 0 Å². The standard InChI is InChI=1S/C22H30FN5O3/c1-15-10-19(11-21(29)31-15)27(2)9-8-18-14-28(26-25-18)20(12-23)22(30-3)17-6-4-16(13-24)5-7-17/h4-7,14-15,19-22,29H,8-12H2,1-3H3/t15-,19+,20-,21-,22-/m1/s1. The van der Waals surface area contributed by atoms with E-state index in [9.17, 15) is 9.50 Å².